The zero-order valence-corrected chi connectivity index (χ0v) is 8.61. The van der Waals surface area contributed by atoms with Crippen molar-refractivity contribution < 1.29 is 9.53 Å². The van der Waals surface area contributed by atoms with E-state index in [0.29, 0.717) is 16.5 Å². The van der Waals surface area contributed by atoms with Crippen molar-refractivity contribution in [3.63, 3.8) is 0 Å². The first kappa shape index (κ1) is 10.2. The van der Waals surface area contributed by atoms with Gasteiger partial charge in [-0.3, -0.25) is 4.79 Å². The van der Waals surface area contributed by atoms with Crippen LogP contribution < -0.4 is 11.2 Å². The largest absolute Gasteiger partial charge is 0.465 e. The summed E-state index contributed by atoms with van der Waals surface area (Å²) in [6.45, 7) is 0. The smallest absolute Gasteiger partial charge is 0.337 e. The first-order chi connectivity index (χ1) is 7.63. The third kappa shape index (κ3) is 1.52. The molecule has 5 heteroatoms. The molecule has 1 heterocycles. The predicted octanol–water partition coefficient (Wildman–Crippen LogP) is 0.897. The molecule has 0 atom stereocenters. The molecule has 1 aromatic carbocycles. The Morgan fingerprint density at radius 3 is 2.88 bits per heavy atom. The van der Waals surface area contributed by atoms with E-state index in [4.69, 9.17) is 5.73 Å². The Hall–Kier alpha value is -2.30. The van der Waals surface area contributed by atoms with Gasteiger partial charge in [0.15, 0.2) is 0 Å². The van der Waals surface area contributed by atoms with Crippen LogP contribution in [0.5, 0.6) is 0 Å². The highest BCUT2D eigenvalue weighted by Gasteiger charge is 2.08. The second-order valence-corrected chi connectivity index (χ2v) is 3.33. The number of nitrogens with two attached hydrogens (primary N) is 1. The van der Waals surface area contributed by atoms with E-state index in [2.05, 4.69) is 9.72 Å². The summed E-state index contributed by atoms with van der Waals surface area (Å²) in [6.07, 6.45) is 1.41. The van der Waals surface area contributed by atoms with Crippen LogP contribution in [0.15, 0.2) is 29.2 Å². The van der Waals surface area contributed by atoms with Gasteiger partial charge in [0, 0.05) is 11.6 Å². The summed E-state index contributed by atoms with van der Waals surface area (Å²) >= 11 is 0. The summed E-state index contributed by atoms with van der Waals surface area (Å²) in [7, 11) is 1.30. The molecule has 0 fully saturated rings. The van der Waals surface area contributed by atoms with Crippen molar-refractivity contribution >= 4 is 22.6 Å². The van der Waals surface area contributed by atoms with Crippen LogP contribution in [-0.2, 0) is 4.74 Å². The summed E-state index contributed by atoms with van der Waals surface area (Å²) in [5.41, 5.74) is 6.32. The average molecular weight is 218 g/mol. The number of hydrogen-bond acceptors (Lipinski definition) is 4. The number of nitrogen functional groups attached to an aromatic ring is 1. The van der Waals surface area contributed by atoms with E-state index in [1.165, 1.54) is 19.4 Å². The number of rotatable bonds is 1. The summed E-state index contributed by atoms with van der Waals surface area (Å²) in [5.74, 6) is -0.445. The van der Waals surface area contributed by atoms with Gasteiger partial charge >= 0.3 is 5.97 Å². The SMILES string of the molecule is COC(=O)c1ccc2c(=O)c(N)c[nH]c2c1. The molecule has 16 heavy (non-hydrogen) atoms. The van der Waals surface area contributed by atoms with Gasteiger partial charge < -0.3 is 15.5 Å². The van der Waals surface area contributed by atoms with E-state index in [0.717, 1.165) is 0 Å². The fraction of sp³-hybridized carbons (Fsp3) is 0.0909. The van der Waals surface area contributed by atoms with E-state index >= 15 is 0 Å². The first-order valence-electron chi connectivity index (χ1n) is 4.62. The number of ether oxygens (including phenoxy) is 1. The molecule has 0 aliphatic heterocycles. The minimum Gasteiger partial charge on any atom is -0.465 e. The Balaban J connectivity index is 2.70. The molecule has 2 rings (SSSR count). The lowest BCUT2D eigenvalue weighted by molar-refractivity contribution is 0.0601. The number of esters is 1. The van der Waals surface area contributed by atoms with Gasteiger partial charge in [0.1, 0.15) is 0 Å². The highest BCUT2D eigenvalue weighted by atomic mass is 16.5. The summed E-state index contributed by atoms with van der Waals surface area (Å²) in [4.78, 5) is 25.7. The quantitative estimate of drug-likeness (QED) is 0.696. The lowest BCUT2D eigenvalue weighted by atomic mass is 10.1. The van der Waals surface area contributed by atoms with Crippen LogP contribution in [0.1, 0.15) is 10.4 Å². The molecule has 0 spiro atoms. The van der Waals surface area contributed by atoms with Gasteiger partial charge in [-0.2, -0.15) is 0 Å². The molecule has 3 N–H and O–H groups in total. The molecule has 0 aliphatic rings. The van der Waals surface area contributed by atoms with Gasteiger partial charge in [0.05, 0.1) is 23.9 Å². The molecule has 0 aliphatic carbocycles. The topological polar surface area (TPSA) is 85.2 Å². The van der Waals surface area contributed by atoms with Crippen LogP contribution in [0.2, 0.25) is 0 Å². The fourth-order valence-electron chi connectivity index (χ4n) is 1.48. The van der Waals surface area contributed by atoms with Crippen molar-refractivity contribution in [2.24, 2.45) is 0 Å². The zero-order valence-electron chi connectivity index (χ0n) is 8.61. The van der Waals surface area contributed by atoms with Gasteiger partial charge in [0.25, 0.3) is 0 Å². The molecular formula is C11H10N2O3. The monoisotopic (exact) mass is 218 g/mol. The van der Waals surface area contributed by atoms with Crippen LogP contribution in [-0.4, -0.2) is 18.1 Å². The Bertz CT molecular complexity index is 616. The molecule has 0 saturated heterocycles. The van der Waals surface area contributed by atoms with Crippen LogP contribution in [0.4, 0.5) is 5.69 Å². The molecule has 5 nitrogen and oxygen atoms in total. The fourth-order valence-corrected chi connectivity index (χ4v) is 1.48. The lowest BCUT2D eigenvalue weighted by Gasteiger charge is -2.02. The number of fused-ring (bicyclic) bond motifs is 1. The number of H-pyrrole nitrogens is 1. The number of carbonyl (C=O) groups is 1. The predicted molar refractivity (Wildman–Crippen MR) is 60.3 cm³/mol. The van der Waals surface area contributed by atoms with Gasteiger partial charge in [-0.25, -0.2) is 4.79 Å². The highest BCUT2D eigenvalue weighted by molar-refractivity contribution is 5.94. The van der Waals surface area contributed by atoms with E-state index in [1.54, 1.807) is 12.1 Å². The Morgan fingerprint density at radius 2 is 2.19 bits per heavy atom. The van der Waals surface area contributed by atoms with Gasteiger partial charge in [0.2, 0.25) is 5.43 Å². The molecule has 1 aromatic heterocycles. The lowest BCUT2D eigenvalue weighted by Crippen LogP contribution is -2.09. The van der Waals surface area contributed by atoms with Gasteiger partial charge in [-0.1, -0.05) is 0 Å². The van der Waals surface area contributed by atoms with Crippen molar-refractivity contribution in [3.8, 4) is 0 Å². The molecule has 0 amide bonds. The maximum absolute atomic E-state index is 11.6. The number of carbonyl (C=O) groups excluding carboxylic acids is 1. The van der Waals surface area contributed by atoms with E-state index < -0.39 is 5.97 Å². The number of hydrogen-bond donors (Lipinski definition) is 2. The van der Waals surface area contributed by atoms with E-state index in [9.17, 15) is 9.59 Å². The third-order valence-electron chi connectivity index (χ3n) is 2.33. The minimum atomic E-state index is -0.445. The van der Waals surface area contributed by atoms with Gasteiger partial charge in [-0.05, 0) is 18.2 Å². The molecular weight excluding hydrogens is 208 g/mol. The molecule has 0 unspecified atom stereocenters. The normalized spacial score (nSPS) is 10.3. The molecule has 0 bridgehead atoms. The van der Waals surface area contributed by atoms with Crippen molar-refractivity contribution in [2.45, 2.75) is 0 Å². The second-order valence-electron chi connectivity index (χ2n) is 3.33. The van der Waals surface area contributed by atoms with Crippen molar-refractivity contribution in [1.29, 1.82) is 0 Å². The van der Waals surface area contributed by atoms with Crippen LogP contribution in [0.3, 0.4) is 0 Å². The van der Waals surface area contributed by atoms with Crippen LogP contribution in [0.25, 0.3) is 10.9 Å². The summed E-state index contributed by atoms with van der Waals surface area (Å²) < 4.78 is 4.58. The van der Waals surface area contributed by atoms with Crippen LogP contribution >= 0.6 is 0 Å². The number of aromatic nitrogens is 1. The minimum absolute atomic E-state index is 0.151. The second kappa shape index (κ2) is 3.69. The Morgan fingerprint density at radius 1 is 1.44 bits per heavy atom. The van der Waals surface area contributed by atoms with Crippen molar-refractivity contribution in [1.82, 2.24) is 4.98 Å². The number of aromatic amines is 1. The average Bonchev–Trinajstić information content (AvgIpc) is 2.32. The summed E-state index contributed by atoms with van der Waals surface area (Å²) in [5, 5.41) is 0.452. The number of pyridine rings is 1. The number of methoxy groups -OCH3 is 1. The molecule has 82 valence electrons. The van der Waals surface area contributed by atoms with Crippen LogP contribution in [0, 0.1) is 0 Å². The Kier molecular flexibility index (Phi) is 2.36. The number of benzene rings is 1. The maximum Gasteiger partial charge on any atom is 0.337 e. The zero-order chi connectivity index (χ0) is 11.7. The molecule has 0 radical (unpaired) electrons. The van der Waals surface area contributed by atoms with Crippen molar-refractivity contribution in [2.75, 3.05) is 12.8 Å². The molecule has 0 saturated carbocycles. The highest BCUT2D eigenvalue weighted by Crippen LogP contribution is 2.12. The van der Waals surface area contributed by atoms with Crippen molar-refractivity contribution in [3.05, 3.63) is 40.2 Å². The maximum atomic E-state index is 11.6. The number of nitrogens with one attached hydrogen (secondary N) is 1. The third-order valence-corrected chi connectivity index (χ3v) is 2.33. The van der Waals surface area contributed by atoms with Gasteiger partial charge in [-0.15, -0.1) is 0 Å². The first-order valence-corrected chi connectivity index (χ1v) is 4.62. The summed E-state index contributed by atoms with van der Waals surface area (Å²) in [6, 6.07) is 4.64. The van der Waals surface area contributed by atoms with E-state index in [-0.39, 0.29) is 11.1 Å². The standard InChI is InChI=1S/C11H10N2O3/c1-16-11(15)6-2-3-7-9(4-6)13-5-8(12)10(7)14/h2-5H,12H2,1H3,(H,13,14). The number of anilines is 1. The van der Waals surface area contributed by atoms with E-state index in [1.807, 2.05) is 0 Å². The molecule has 2 aromatic rings. The Labute approximate surface area is 90.8 Å².